The van der Waals surface area contributed by atoms with Crippen LogP contribution in [0, 0.1) is 11.2 Å². The van der Waals surface area contributed by atoms with Crippen molar-refractivity contribution in [1.29, 1.82) is 0 Å². The van der Waals surface area contributed by atoms with Crippen LogP contribution in [-0.4, -0.2) is 48.6 Å². The van der Waals surface area contributed by atoms with Crippen LogP contribution in [0.3, 0.4) is 0 Å². The fourth-order valence-electron chi connectivity index (χ4n) is 4.86. The van der Waals surface area contributed by atoms with Gasteiger partial charge in [-0.2, -0.15) is 0 Å². The minimum absolute atomic E-state index is 0.0524. The van der Waals surface area contributed by atoms with Gasteiger partial charge in [0.05, 0.1) is 12.1 Å². The van der Waals surface area contributed by atoms with E-state index in [2.05, 4.69) is 30.4 Å². The van der Waals surface area contributed by atoms with Crippen molar-refractivity contribution in [3.05, 3.63) is 72.1 Å². The monoisotopic (exact) mass is 381 g/mol. The molecule has 0 bridgehead atoms. The molecule has 28 heavy (non-hydrogen) atoms. The number of allylic oxidation sites excluding steroid dienone is 1. The molecule has 1 aromatic rings. The fourth-order valence-corrected chi connectivity index (χ4v) is 4.86. The Balaban J connectivity index is 1.63. The number of halogens is 1. The molecule has 0 aromatic heterocycles. The summed E-state index contributed by atoms with van der Waals surface area (Å²) in [5.74, 6) is -0.284. The lowest BCUT2D eigenvalue weighted by Gasteiger charge is -2.39. The number of hydrogen-bond acceptors (Lipinski definition) is 2. The van der Waals surface area contributed by atoms with Crippen LogP contribution in [0.1, 0.15) is 30.9 Å². The second kappa shape index (κ2) is 7.21. The Labute approximate surface area is 166 Å². The van der Waals surface area contributed by atoms with E-state index >= 15 is 0 Å². The van der Waals surface area contributed by atoms with Gasteiger partial charge in [-0.3, -0.25) is 0 Å². The lowest BCUT2D eigenvalue weighted by Crippen LogP contribution is -2.51. The molecule has 2 atom stereocenters. The van der Waals surface area contributed by atoms with E-state index < -0.39 is 0 Å². The van der Waals surface area contributed by atoms with Gasteiger partial charge in [0, 0.05) is 25.0 Å². The molecule has 1 N–H and O–H groups in total. The normalized spacial score (nSPS) is 26.4. The minimum atomic E-state index is -0.284. The topological polar surface area (TPSA) is 35.6 Å². The van der Waals surface area contributed by atoms with Crippen molar-refractivity contribution in [3.63, 3.8) is 0 Å². The highest BCUT2D eigenvalue weighted by Gasteiger charge is 2.55. The van der Waals surface area contributed by atoms with Crippen molar-refractivity contribution in [2.24, 2.45) is 5.41 Å². The quantitative estimate of drug-likeness (QED) is 0.854. The van der Waals surface area contributed by atoms with Crippen molar-refractivity contribution in [2.75, 3.05) is 26.7 Å². The molecule has 1 aromatic carbocycles. The van der Waals surface area contributed by atoms with E-state index in [1.54, 1.807) is 18.2 Å². The highest BCUT2D eigenvalue weighted by atomic mass is 19.1. The number of nitrogens with zero attached hydrogens (tertiary/aromatic N) is 2. The third-order valence-corrected chi connectivity index (χ3v) is 6.52. The molecular weight excluding hydrogens is 353 g/mol. The van der Waals surface area contributed by atoms with Gasteiger partial charge >= 0.3 is 6.03 Å². The average Bonchev–Trinajstić information content (AvgIpc) is 3.40. The maximum absolute atomic E-state index is 13.5. The van der Waals surface area contributed by atoms with Crippen LogP contribution in [0.2, 0.25) is 0 Å². The Kier molecular flexibility index (Phi) is 4.88. The number of hydrogen-bond donors (Lipinski definition) is 1. The third-order valence-electron chi connectivity index (χ3n) is 6.52. The summed E-state index contributed by atoms with van der Waals surface area (Å²) in [5, 5.41) is 3.31. The summed E-state index contributed by atoms with van der Waals surface area (Å²) >= 11 is 0. The summed E-state index contributed by atoms with van der Waals surface area (Å²) in [4.78, 5) is 17.5. The summed E-state index contributed by atoms with van der Waals surface area (Å²) in [6.07, 6.45) is 6.75. The van der Waals surface area contributed by atoms with Crippen molar-refractivity contribution in [1.82, 2.24) is 15.1 Å². The third kappa shape index (κ3) is 3.28. The number of carbonyl (C=O) groups excluding carboxylic acids is 1. The zero-order valence-corrected chi connectivity index (χ0v) is 16.5. The number of amides is 2. The molecule has 4 nitrogen and oxygen atoms in total. The van der Waals surface area contributed by atoms with Crippen molar-refractivity contribution < 1.29 is 9.18 Å². The number of urea groups is 1. The maximum atomic E-state index is 13.5. The second-order valence-corrected chi connectivity index (χ2v) is 8.35. The molecule has 0 unspecified atom stereocenters. The molecule has 4 rings (SSSR count). The van der Waals surface area contributed by atoms with E-state index in [0.717, 1.165) is 36.2 Å². The molecule has 2 amide bonds. The number of rotatable bonds is 4. The van der Waals surface area contributed by atoms with Gasteiger partial charge in [0.1, 0.15) is 5.82 Å². The first-order valence-corrected chi connectivity index (χ1v) is 9.96. The van der Waals surface area contributed by atoms with Crippen molar-refractivity contribution in [2.45, 2.75) is 31.3 Å². The zero-order valence-electron chi connectivity index (χ0n) is 16.5. The predicted octanol–water partition coefficient (Wildman–Crippen LogP) is 4.04. The number of nitrogens with one attached hydrogen (secondary N) is 1. The minimum Gasteiger partial charge on any atom is -0.333 e. The predicted molar refractivity (Wildman–Crippen MR) is 109 cm³/mol. The highest BCUT2D eigenvalue weighted by Crippen LogP contribution is 2.52. The van der Waals surface area contributed by atoms with Crippen LogP contribution in [0.15, 0.2) is 60.7 Å². The van der Waals surface area contributed by atoms with Crippen LogP contribution in [-0.2, 0) is 0 Å². The number of carbonyl (C=O) groups is 1. The van der Waals surface area contributed by atoms with Crippen LogP contribution in [0.4, 0.5) is 9.18 Å². The smallest absolute Gasteiger partial charge is 0.318 e. The molecule has 1 saturated carbocycles. The van der Waals surface area contributed by atoms with E-state index in [4.69, 9.17) is 0 Å². The van der Waals surface area contributed by atoms with Gasteiger partial charge < -0.3 is 15.1 Å². The molecule has 148 valence electrons. The molecule has 2 aliphatic heterocycles. The van der Waals surface area contributed by atoms with Gasteiger partial charge in [0.2, 0.25) is 0 Å². The van der Waals surface area contributed by atoms with Gasteiger partial charge in [-0.05, 0) is 55.2 Å². The lowest BCUT2D eigenvalue weighted by molar-refractivity contribution is 0.173. The maximum Gasteiger partial charge on any atom is 0.318 e. The molecule has 1 saturated heterocycles. The van der Waals surface area contributed by atoms with Crippen molar-refractivity contribution in [3.8, 4) is 0 Å². The molecule has 1 spiro atoms. The van der Waals surface area contributed by atoms with Crippen LogP contribution >= 0.6 is 0 Å². The Morgan fingerprint density at radius 2 is 1.96 bits per heavy atom. The van der Waals surface area contributed by atoms with E-state index in [0.29, 0.717) is 6.54 Å². The number of likely N-dealkylation sites (tertiary alicyclic amines) is 1. The van der Waals surface area contributed by atoms with Gasteiger partial charge in [-0.1, -0.05) is 37.4 Å². The molecule has 2 heterocycles. The first-order chi connectivity index (χ1) is 13.5. The molecule has 0 radical (unpaired) electrons. The van der Waals surface area contributed by atoms with E-state index in [9.17, 15) is 9.18 Å². The standard InChI is InChI=1S/C23H28FN3O/c1-4-16-10-13-27(21(19(16)5-2)17-6-8-18(24)9-7-17)22(28)25-20-14-26(3)15-23(20)11-12-23/h4-9,20-21H,1-2,10-15H2,3H3,(H,25,28)/t20-,21-/m1/s1. The lowest BCUT2D eigenvalue weighted by atomic mass is 9.88. The second-order valence-electron chi connectivity index (χ2n) is 8.35. The first-order valence-electron chi connectivity index (χ1n) is 9.96. The summed E-state index contributed by atoms with van der Waals surface area (Å²) in [6, 6.07) is 6.25. The molecule has 3 aliphatic rings. The summed E-state index contributed by atoms with van der Waals surface area (Å²) in [5.41, 5.74) is 3.20. The Hall–Kier alpha value is -2.40. The largest absolute Gasteiger partial charge is 0.333 e. The molecular formula is C23H28FN3O. The summed E-state index contributed by atoms with van der Waals surface area (Å²) < 4.78 is 13.5. The van der Waals surface area contributed by atoms with Gasteiger partial charge in [-0.25, -0.2) is 9.18 Å². The van der Waals surface area contributed by atoms with Gasteiger partial charge in [-0.15, -0.1) is 0 Å². The average molecular weight is 381 g/mol. The number of benzene rings is 1. The zero-order chi connectivity index (χ0) is 19.9. The van der Waals surface area contributed by atoms with Gasteiger partial charge in [0.25, 0.3) is 0 Å². The van der Waals surface area contributed by atoms with E-state index in [1.807, 2.05) is 11.0 Å². The summed E-state index contributed by atoms with van der Waals surface area (Å²) in [7, 11) is 2.11. The fraction of sp³-hybridized carbons (Fsp3) is 0.435. The van der Waals surface area contributed by atoms with Crippen LogP contribution < -0.4 is 5.32 Å². The Morgan fingerprint density at radius 1 is 1.25 bits per heavy atom. The van der Waals surface area contributed by atoms with Crippen LogP contribution in [0.25, 0.3) is 0 Å². The Morgan fingerprint density at radius 3 is 2.57 bits per heavy atom. The van der Waals surface area contributed by atoms with E-state index in [1.165, 1.54) is 25.0 Å². The number of likely N-dealkylation sites (N-methyl/N-ethyl adjacent to an activating group) is 1. The SMILES string of the molecule is C=CC1=C(C=C)[C@@H](c2ccc(F)cc2)N(C(=O)N[C@@H]2CN(C)CC23CC3)CC1. The van der Waals surface area contributed by atoms with Crippen LogP contribution in [0.5, 0.6) is 0 Å². The van der Waals surface area contributed by atoms with Crippen molar-refractivity contribution >= 4 is 6.03 Å². The molecule has 2 fully saturated rings. The molecule has 1 aliphatic carbocycles. The molecule has 5 heteroatoms. The summed E-state index contributed by atoms with van der Waals surface area (Å²) in [6.45, 7) is 10.4. The highest BCUT2D eigenvalue weighted by molar-refractivity contribution is 5.77. The first kappa shape index (κ1) is 18.9. The van der Waals surface area contributed by atoms with E-state index in [-0.39, 0.29) is 29.3 Å². The van der Waals surface area contributed by atoms with Gasteiger partial charge in [0.15, 0.2) is 0 Å². The Bertz CT molecular complexity index is 825.